The zero-order chi connectivity index (χ0) is 18.0. The highest BCUT2D eigenvalue weighted by molar-refractivity contribution is 6.31. The zero-order valence-electron chi connectivity index (χ0n) is 13.1. The SMILES string of the molecule is CCN1C(=C(C#N)c2nc(C#N)c(C#N)nc2Cl)Nc2ccccc21. The second-order valence-corrected chi connectivity index (χ2v) is 5.36. The predicted octanol–water partition coefficient (Wildman–Crippen LogP) is 3.02. The van der Waals surface area contributed by atoms with Gasteiger partial charge in [-0.25, -0.2) is 9.97 Å². The number of para-hydroxylation sites is 2. The maximum absolute atomic E-state index is 9.70. The average molecular weight is 348 g/mol. The average Bonchev–Trinajstić information content (AvgIpc) is 3.01. The van der Waals surface area contributed by atoms with Crippen molar-refractivity contribution in [2.24, 2.45) is 0 Å². The number of hydrogen-bond donors (Lipinski definition) is 1. The molecule has 0 spiro atoms. The van der Waals surface area contributed by atoms with E-state index in [2.05, 4.69) is 21.4 Å². The molecule has 0 fully saturated rings. The monoisotopic (exact) mass is 347 g/mol. The minimum Gasteiger partial charge on any atom is -0.339 e. The van der Waals surface area contributed by atoms with E-state index in [0.717, 1.165) is 11.4 Å². The highest BCUT2D eigenvalue weighted by atomic mass is 35.5. The van der Waals surface area contributed by atoms with Crippen molar-refractivity contribution in [2.75, 3.05) is 16.8 Å². The number of allylic oxidation sites excluding steroid dienone is 1. The first-order valence-electron chi connectivity index (χ1n) is 7.30. The van der Waals surface area contributed by atoms with E-state index >= 15 is 0 Å². The summed E-state index contributed by atoms with van der Waals surface area (Å²) in [6, 6.07) is 13.3. The Hall–Kier alpha value is -3.60. The molecule has 0 unspecified atom stereocenters. The van der Waals surface area contributed by atoms with Crippen molar-refractivity contribution in [1.29, 1.82) is 15.8 Å². The Morgan fingerprint density at radius 2 is 1.84 bits per heavy atom. The van der Waals surface area contributed by atoms with Crippen LogP contribution in [0.25, 0.3) is 5.57 Å². The molecule has 1 aromatic carbocycles. The number of anilines is 2. The number of halogens is 1. The standard InChI is InChI=1S/C17H10ClN7/c1-2-25-14-6-4-3-5-11(14)24-17(25)10(7-19)15-16(18)23-13(9-21)12(8-20)22-15/h3-6,24H,2H2,1H3. The molecule has 7 nitrogen and oxygen atoms in total. The molecule has 8 heteroatoms. The van der Waals surface area contributed by atoms with Gasteiger partial charge in [-0.1, -0.05) is 23.7 Å². The van der Waals surface area contributed by atoms with Crippen molar-refractivity contribution in [1.82, 2.24) is 9.97 Å². The highest BCUT2D eigenvalue weighted by Gasteiger charge is 2.28. The lowest BCUT2D eigenvalue weighted by atomic mass is 10.2. The number of hydrogen-bond acceptors (Lipinski definition) is 7. The van der Waals surface area contributed by atoms with Gasteiger partial charge in [0.1, 0.15) is 35.3 Å². The Kier molecular flexibility index (Phi) is 4.22. The minimum absolute atomic E-state index is 0.0634. The van der Waals surface area contributed by atoms with E-state index in [-0.39, 0.29) is 27.8 Å². The van der Waals surface area contributed by atoms with Gasteiger partial charge in [0.05, 0.1) is 11.4 Å². The molecule has 0 aliphatic carbocycles. The van der Waals surface area contributed by atoms with Gasteiger partial charge >= 0.3 is 0 Å². The summed E-state index contributed by atoms with van der Waals surface area (Å²) >= 11 is 6.13. The van der Waals surface area contributed by atoms with Gasteiger partial charge in [0, 0.05) is 6.54 Å². The molecule has 0 saturated carbocycles. The van der Waals surface area contributed by atoms with Gasteiger partial charge in [-0.15, -0.1) is 0 Å². The molecule has 0 bridgehead atoms. The Bertz CT molecular complexity index is 1020. The molecule has 0 saturated heterocycles. The Balaban J connectivity index is 2.23. The Labute approximate surface area is 149 Å². The van der Waals surface area contributed by atoms with Crippen molar-refractivity contribution in [3.63, 3.8) is 0 Å². The van der Waals surface area contributed by atoms with Crippen LogP contribution >= 0.6 is 11.6 Å². The Morgan fingerprint density at radius 1 is 1.16 bits per heavy atom. The number of nitrogens with zero attached hydrogens (tertiary/aromatic N) is 6. The molecule has 25 heavy (non-hydrogen) atoms. The number of fused-ring (bicyclic) bond motifs is 1. The molecule has 2 aromatic rings. The molecule has 3 rings (SSSR count). The van der Waals surface area contributed by atoms with Crippen molar-refractivity contribution in [3.05, 3.63) is 52.3 Å². The van der Waals surface area contributed by atoms with Crippen molar-refractivity contribution in [2.45, 2.75) is 6.92 Å². The lowest BCUT2D eigenvalue weighted by molar-refractivity contribution is 0.989. The zero-order valence-corrected chi connectivity index (χ0v) is 13.8. The smallest absolute Gasteiger partial charge is 0.178 e. The number of nitrogens with one attached hydrogen (secondary N) is 1. The maximum atomic E-state index is 9.70. The van der Waals surface area contributed by atoms with Crippen LogP contribution in [0, 0.1) is 34.0 Å². The first-order valence-corrected chi connectivity index (χ1v) is 7.68. The first-order chi connectivity index (χ1) is 12.1. The van der Waals surface area contributed by atoms with Gasteiger partial charge < -0.3 is 10.2 Å². The number of aromatic nitrogens is 2. The van der Waals surface area contributed by atoms with Crippen LogP contribution in [0.4, 0.5) is 11.4 Å². The quantitative estimate of drug-likeness (QED) is 0.830. The summed E-state index contributed by atoms with van der Waals surface area (Å²) in [7, 11) is 0. The molecule has 0 amide bonds. The molecule has 2 heterocycles. The van der Waals surface area contributed by atoms with Crippen LogP contribution in [0.2, 0.25) is 5.15 Å². The summed E-state index contributed by atoms with van der Waals surface area (Å²) < 4.78 is 0. The third-order valence-corrected chi connectivity index (χ3v) is 3.95. The van der Waals surface area contributed by atoms with E-state index in [1.54, 1.807) is 12.1 Å². The van der Waals surface area contributed by atoms with Crippen LogP contribution < -0.4 is 10.2 Å². The molecule has 120 valence electrons. The van der Waals surface area contributed by atoms with Crippen LogP contribution in [0.5, 0.6) is 0 Å². The summed E-state index contributed by atoms with van der Waals surface area (Å²) in [5, 5.41) is 30.9. The Morgan fingerprint density at radius 3 is 2.48 bits per heavy atom. The van der Waals surface area contributed by atoms with Crippen LogP contribution in [0.15, 0.2) is 30.1 Å². The van der Waals surface area contributed by atoms with Crippen molar-refractivity contribution < 1.29 is 0 Å². The highest BCUT2D eigenvalue weighted by Crippen LogP contribution is 2.39. The first kappa shape index (κ1) is 16.3. The summed E-state index contributed by atoms with van der Waals surface area (Å²) in [6.07, 6.45) is 0. The lowest BCUT2D eigenvalue weighted by Crippen LogP contribution is -2.22. The molecule has 1 aromatic heterocycles. The fourth-order valence-electron chi connectivity index (χ4n) is 2.60. The predicted molar refractivity (Wildman–Crippen MR) is 92.1 cm³/mol. The summed E-state index contributed by atoms with van der Waals surface area (Å²) in [6.45, 7) is 2.56. The number of nitriles is 3. The normalized spacial score (nSPS) is 14.0. The topological polar surface area (TPSA) is 112 Å². The maximum Gasteiger partial charge on any atom is 0.178 e. The van der Waals surface area contributed by atoms with Crippen LogP contribution in [-0.4, -0.2) is 16.5 Å². The van der Waals surface area contributed by atoms with E-state index in [1.165, 1.54) is 0 Å². The number of benzene rings is 1. The van der Waals surface area contributed by atoms with Gasteiger partial charge in [0.2, 0.25) is 0 Å². The molecule has 0 atom stereocenters. The van der Waals surface area contributed by atoms with Gasteiger partial charge in [0.25, 0.3) is 0 Å². The molecule has 1 N–H and O–H groups in total. The van der Waals surface area contributed by atoms with E-state index in [9.17, 15) is 5.26 Å². The molecule has 1 aliphatic rings. The third-order valence-electron chi connectivity index (χ3n) is 3.68. The van der Waals surface area contributed by atoms with E-state index in [4.69, 9.17) is 22.1 Å². The fourth-order valence-corrected chi connectivity index (χ4v) is 2.83. The van der Waals surface area contributed by atoms with E-state index in [0.29, 0.717) is 12.4 Å². The van der Waals surface area contributed by atoms with Crippen molar-refractivity contribution in [3.8, 4) is 18.2 Å². The molecule has 1 aliphatic heterocycles. The summed E-state index contributed by atoms with van der Waals surface area (Å²) in [5.74, 6) is 0.510. The van der Waals surface area contributed by atoms with Gasteiger partial charge in [0.15, 0.2) is 16.5 Å². The minimum atomic E-state index is -0.173. The van der Waals surface area contributed by atoms with Crippen LogP contribution in [0.3, 0.4) is 0 Å². The van der Waals surface area contributed by atoms with Crippen LogP contribution in [-0.2, 0) is 0 Å². The second kappa shape index (κ2) is 6.49. The number of rotatable bonds is 2. The summed E-state index contributed by atoms with van der Waals surface area (Å²) in [4.78, 5) is 9.89. The molecule has 0 radical (unpaired) electrons. The summed E-state index contributed by atoms with van der Waals surface area (Å²) in [5.41, 5.74) is 1.64. The second-order valence-electron chi connectivity index (χ2n) is 5.01. The third kappa shape index (κ3) is 2.61. The lowest BCUT2D eigenvalue weighted by Gasteiger charge is -2.19. The van der Waals surface area contributed by atoms with Gasteiger partial charge in [-0.05, 0) is 19.1 Å². The molecular weight excluding hydrogens is 338 g/mol. The van der Waals surface area contributed by atoms with Crippen LogP contribution in [0.1, 0.15) is 24.0 Å². The largest absolute Gasteiger partial charge is 0.339 e. The van der Waals surface area contributed by atoms with Gasteiger partial charge in [-0.3, -0.25) is 0 Å². The van der Waals surface area contributed by atoms with Gasteiger partial charge in [-0.2, -0.15) is 15.8 Å². The van der Waals surface area contributed by atoms with Crippen molar-refractivity contribution >= 4 is 28.5 Å². The fraction of sp³-hybridized carbons (Fsp3) is 0.118. The molecular formula is C17H10ClN7. The van der Waals surface area contributed by atoms with E-state index in [1.807, 2.05) is 36.1 Å². The van der Waals surface area contributed by atoms with E-state index < -0.39 is 0 Å².